The molecular formula is C12H18N2O3S. The Bertz CT molecular complexity index is 542. The van der Waals surface area contributed by atoms with E-state index in [-0.39, 0.29) is 4.90 Å². The van der Waals surface area contributed by atoms with Crippen LogP contribution in [0.3, 0.4) is 0 Å². The van der Waals surface area contributed by atoms with E-state index < -0.39 is 10.0 Å². The first-order chi connectivity index (χ1) is 8.45. The first kappa shape index (κ1) is 13.2. The summed E-state index contributed by atoms with van der Waals surface area (Å²) in [5, 5.41) is 0. The highest BCUT2D eigenvalue weighted by molar-refractivity contribution is 7.89. The molecule has 0 radical (unpaired) electrons. The molecule has 2 rings (SSSR count). The molecule has 100 valence electrons. The molecule has 1 aromatic carbocycles. The number of nitrogens with two attached hydrogens (primary N) is 1. The molecule has 0 aromatic heterocycles. The molecule has 0 amide bonds. The van der Waals surface area contributed by atoms with Gasteiger partial charge in [0.15, 0.2) is 0 Å². The van der Waals surface area contributed by atoms with E-state index in [9.17, 15) is 8.42 Å². The molecular weight excluding hydrogens is 252 g/mol. The van der Waals surface area contributed by atoms with Crippen LogP contribution in [0.5, 0.6) is 5.75 Å². The van der Waals surface area contributed by atoms with Gasteiger partial charge in [0.25, 0.3) is 0 Å². The Morgan fingerprint density at radius 3 is 2.67 bits per heavy atom. The molecule has 1 aromatic rings. The van der Waals surface area contributed by atoms with Crippen LogP contribution in [0.1, 0.15) is 13.3 Å². The summed E-state index contributed by atoms with van der Waals surface area (Å²) in [5.74, 6) is 0.902. The Labute approximate surface area is 108 Å². The van der Waals surface area contributed by atoms with E-state index in [1.807, 2.05) is 0 Å². The smallest absolute Gasteiger partial charge is 0.243 e. The molecule has 6 heteroatoms. The lowest BCUT2D eigenvalue weighted by molar-refractivity contribution is 0.416. The fraction of sp³-hybridized carbons (Fsp3) is 0.500. The summed E-state index contributed by atoms with van der Waals surface area (Å²) in [6.45, 7) is 3.21. The van der Waals surface area contributed by atoms with Gasteiger partial charge in [-0.3, -0.25) is 0 Å². The number of rotatable bonds is 3. The molecule has 0 bridgehead atoms. The zero-order chi connectivity index (χ0) is 13.3. The number of nitrogens with zero attached hydrogens (tertiary/aromatic N) is 1. The predicted molar refractivity (Wildman–Crippen MR) is 69.9 cm³/mol. The monoisotopic (exact) mass is 270 g/mol. The van der Waals surface area contributed by atoms with E-state index in [1.165, 1.54) is 23.5 Å². The number of sulfonamides is 1. The lowest BCUT2D eigenvalue weighted by Crippen LogP contribution is -2.28. The molecule has 1 aliphatic heterocycles. The summed E-state index contributed by atoms with van der Waals surface area (Å²) in [4.78, 5) is 0.231. The molecule has 0 saturated carbocycles. The maximum absolute atomic E-state index is 12.4. The van der Waals surface area contributed by atoms with Gasteiger partial charge < -0.3 is 10.5 Å². The van der Waals surface area contributed by atoms with Gasteiger partial charge in [0.2, 0.25) is 10.0 Å². The number of methoxy groups -OCH3 is 1. The SMILES string of the molecule is COc1ccc(S(=O)(=O)N2CCC(C)C2)cc1N. The third-order valence-corrected chi connectivity index (χ3v) is 5.09. The van der Waals surface area contributed by atoms with Gasteiger partial charge in [0.1, 0.15) is 5.75 Å². The van der Waals surface area contributed by atoms with Gasteiger partial charge >= 0.3 is 0 Å². The lowest BCUT2D eigenvalue weighted by atomic mass is 10.2. The van der Waals surface area contributed by atoms with Gasteiger partial charge in [-0.2, -0.15) is 4.31 Å². The minimum Gasteiger partial charge on any atom is -0.495 e. The molecule has 0 aliphatic carbocycles. The van der Waals surface area contributed by atoms with Crippen LogP contribution in [-0.2, 0) is 10.0 Å². The summed E-state index contributed by atoms with van der Waals surface area (Å²) in [6.07, 6.45) is 0.908. The van der Waals surface area contributed by atoms with Crippen molar-refractivity contribution in [3.05, 3.63) is 18.2 Å². The topological polar surface area (TPSA) is 72.6 Å². The van der Waals surface area contributed by atoms with E-state index in [1.54, 1.807) is 6.07 Å². The highest BCUT2D eigenvalue weighted by Crippen LogP contribution is 2.28. The average molecular weight is 270 g/mol. The summed E-state index contributed by atoms with van der Waals surface area (Å²) in [7, 11) is -1.92. The van der Waals surface area contributed by atoms with Crippen LogP contribution in [0, 0.1) is 5.92 Å². The number of anilines is 1. The molecule has 18 heavy (non-hydrogen) atoms. The molecule has 1 saturated heterocycles. The van der Waals surface area contributed by atoms with Gasteiger partial charge in [0, 0.05) is 13.1 Å². The molecule has 5 nitrogen and oxygen atoms in total. The second kappa shape index (κ2) is 4.78. The molecule has 0 spiro atoms. The third kappa shape index (κ3) is 2.30. The standard InChI is InChI=1S/C12H18N2O3S/c1-9-5-6-14(8-9)18(15,16)10-3-4-12(17-2)11(13)7-10/h3-4,7,9H,5-6,8,13H2,1-2H3. The van der Waals surface area contributed by atoms with Crippen molar-refractivity contribution in [3.8, 4) is 5.75 Å². The van der Waals surface area contributed by atoms with Crippen molar-refractivity contribution in [2.75, 3.05) is 25.9 Å². The van der Waals surface area contributed by atoms with E-state index in [4.69, 9.17) is 10.5 Å². The van der Waals surface area contributed by atoms with Crippen molar-refractivity contribution in [3.63, 3.8) is 0 Å². The first-order valence-electron chi connectivity index (χ1n) is 5.89. The van der Waals surface area contributed by atoms with Gasteiger partial charge in [0.05, 0.1) is 17.7 Å². The number of nitrogen functional groups attached to an aromatic ring is 1. The van der Waals surface area contributed by atoms with Crippen molar-refractivity contribution in [2.45, 2.75) is 18.2 Å². The van der Waals surface area contributed by atoms with E-state index >= 15 is 0 Å². The second-order valence-corrected chi connectivity index (χ2v) is 6.60. The summed E-state index contributed by atoms with van der Waals surface area (Å²) < 4.78 is 31.3. The van der Waals surface area contributed by atoms with E-state index in [2.05, 4.69) is 6.92 Å². The minimum absolute atomic E-state index is 0.231. The van der Waals surface area contributed by atoms with Gasteiger partial charge in [-0.1, -0.05) is 6.92 Å². The Balaban J connectivity index is 2.33. The van der Waals surface area contributed by atoms with Crippen molar-refractivity contribution >= 4 is 15.7 Å². The van der Waals surface area contributed by atoms with Crippen LogP contribution >= 0.6 is 0 Å². The number of hydrogen-bond acceptors (Lipinski definition) is 4. The fourth-order valence-corrected chi connectivity index (χ4v) is 3.75. The van der Waals surface area contributed by atoms with Crippen molar-refractivity contribution < 1.29 is 13.2 Å². The Morgan fingerprint density at radius 2 is 2.17 bits per heavy atom. The molecule has 2 N–H and O–H groups in total. The zero-order valence-corrected chi connectivity index (χ0v) is 11.4. The highest BCUT2D eigenvalue weighted by Gasteiger charge is 2.30. The fourth-order valence-electron chi connectivity index (χ4n) is 2.13. The predicted octanol–water partition coefficient (Wildman–Crippen LogP) is 1.31. The largest absolute Gasteiger partial charge is 0.495 e. The van der Waals surface area contributed by atoms with E-state index in [0.29, 0.717) is 30.4 Å². The van der Waals surface area contributed by atoms with Gasteiger partial charge in [-0.05, 0) is 30.5 Å². The molecule has 1 unspecified atom stereocenters. The van der Waals surface area contributed by atoms with Gasteiger partial charge in [-0.25, -0.2) is 8.42 Å². The maximum atomic E-state index is 12.4. The van der Waals surface area contributed by atoms with Crippen LogP contribution in [0.4, 0.5) is 5.69 Å². The normalized spacial score (nSPS) is 21.1. The van der Waals surface area contributed by atoms with Crippen molar-refractivity contribution in [1.82, 2.24) is 4.31 Å². The molecule has 1 heterocycles. The van der Waals surface area contributed by atoms with Gasteiger partial charge in [-0.15, -0.1) is 0 Å². The second-order valence-electron chi connectivity index (χ2n) is 4.66. The van der Waals surface area contributed by atoms with Crippen molar-refractivity contribution in [1.29, 1.82) is 0 Å². The Hall–Kier alpha value is -1.27. The molecule has 1 fully saturated rings. The minimum atomic E-state index is -3.42. The van der Waals surface area contributed by atoms with Crippen LogP contribution in [-0.4, -0.2) is 32.9 Å². The van der Waals surface area contributed by atoms with Crippen LogP contribution in [0.2, 0.25) is 0 Å². The van der Waals surface area contributed by atoms with Crippen LogP contribution < -0.4 is 10.5 Å². The van der Waals surface area contributed by atoms with Crippen molar-refractivity contribution in [2.24, 2.45) is 5.92 Å². The highest BCUT2D eigenvalue weighted by atomic mass is 32.2. The Morgan fingerprint density at radius 1 is 1.44 bits per heavy atom. The summed E-state index contributed by atoms with van der Waals surface area (Å²) in [5.41, 5.74) is 6.09. The number of benzene rings is 1. The maximum Gasteiger partial charge on any atom is 0.243 e. The lowest BCUT2D eigenvalue weighted by Gasteiger charge is -2.16. The number of ether oxygens (including phenoxy) is 1. The quantitative estimate of drug-likeness (QED) is 0.840. The number of hydrogen-bond donors (Lipinski definition) is 1. The average Bonchev–Trinajstić information content (AvgIpc) is 2.76. The Kier molecular flexibility index (Phi) is 3.49. The van der Waals surface area contributed by atoms with E-state index in [0.717, 1.165) is 6.42 Å². The zero-order valence-electron chi connectivity index (χ0n) is 10.6. The summed E-state index contributed by atoms with van der Waals surface area (Å²) in [6, 6.07) is 4.58. The molecule has 1 atom stereocenters. The summed E-state index contributed by atoms with van der Waals surface area (Å²) >= 11 is 0. The first-order valence-corrected chi connectivity index (χ1v) is 7.33. The van der Waals surface area contributed by atoms with Crippen LogP contribution in [0.15, 0.2) is 23.1 Å². The van der Waals surface area contributed by atoms with Crippen LogP contribution in [0.25, 0.3) is 0 Å². The third-order valence-electron chi connectivity index (χ3n) is 3.23. The molecule has 1 aliphatic rings.